The van der Waals surface area contributed by atoms with E-state index in [4.69, 9.17) is 0 Å². The van der Waals surface area contributed by atoms with E-state index < -0.39 is 11.2 Å². The van der Waals surface area contributed by atoms with Gasteiger partial charge in [0, 0.05) is 33.5 Å². The molecule has 0 saturated carbocycles. The third kappa shape index (κ3) is 7.16. The smallest absolute Gasteiger partial charge is 0.272 e. The number of fused-ring (bicyclic) bond motifs is 1. The number of rotatable bonds is 9. The van der Waals surface area contributed by atoms with Gasteiger partial charge in [-0.3, -0.25) is 14.4 Å². The molecule has 210 valence electrons. The summed E-state index contributed by atoms with van der Waals surface area (Å²) in [5.74, 6) is -0.979. The van der Waals surface area contributed by atoms with Crippen molar-refractivity contribution in [3.8, 4) is 0 Å². The van der Waals surface area contributed by atoms with Gasteiger partial charge in [-0.15, -0.1) is 11.8 Å². The van der Waals surface area contributed by atoms with E-state index in [-0.39, 0.29) is 17.5 Å². The van der Waals surface area contributed by atoms with E-state index in [9.17, 15) is 14.4 Å². The van der Waals surface area contributed by atoms with Gasteiger partial charge in [0.1, 0.15) is 5.70 Å². The number of aromatic amines is 1. The maximum atomic E-state index is 13.4. The molecule has 1 atom stereocenters. The van der Waals surface area contributed by atoms with E-state index >= 15 is 0 Å². The normalized spacial score (nSPS) is 12.0. The fourth-order valence-corrected chi connectivity index (χ4v) is 5.25. The lowest BCUT2D eigenvalue weighted by Crippen LogP contribution is -2.30. The number of thioether (sulfide) groups is 1. The van der Waals surface area contributed by atoms with Crippen molar-refractivity contribution in [1.29, 1.82) is 0 Å². The fraction of sp³-hybridized carbons (Fsp3) is 0.0882. The highest BCUT2D eigenvalue weighted by molar-refractivity contribution is 8.00. The zero-order valence-electron chi connectivity index (χ0n) is 23.2. The van der Waals surface area contributed by atoms with Crippen LogP contribution in [0.15, 0.2) is 120 Å². The highest BCUT2D eigenvalue weighted by Gasteiger charge is 2.18. The number of carbonyl (C=O) groups is 3. The summed E-state index contributed by atoms with van der Waals surface area (Å²) in [6.07, 6.45) is 3.53. The van der Waals surface area contributed by atoms with Gasteiger partial charge in [0.25, 0.3) is 11.8 Å². The molecule has 0 radical (unpaired) electrons. The minimum Gasteiger partial charge on any atom is -0.361 e. The second kappa shape index (κ2) is 13.1. The lowest BCUT2D eigenvalue weighted by molar-refractivity contribution is -0.115. The molecule has 0 saturated heterocycles. The van der Waals surface area contributed by atoms with Crippen LogP contribution in [0, 0.1) is 6.92 Å². The molecule has 0 aliphatic carbocycles. The van der Waals surface area contributed by atoms with Crippen molar-refractivity contribution in [2.45, 2.75) is 24.0 Å². The number of benzene rings is 4. The highest BCUT2D eigenvalue weighted by atomic mass is 32.2. The fourth-order valence-electron chi connectivity index (χ4n) is 4.32. The predicted octanol–water partition coefficient (Wildman–Crippen LogP) is 7.01. The summed E-state index contributed by atoms with van der Waals surface area (Å²) in [6.45, 7) is 3.78. The number of anilines is 2. The predicted molar refractivity (Wildman–Crippen MR) is 170 cm³/mol. The van der Waals surface area contributed by atoms with Gasteiger partial charge in [0.2, 0.25) is 5.91 Å². The Bertz CT molecular complexity index is 1780. The van der Waals surface area contributed by atoms with Gasteiger partial charge in [0.05, 0.1) is 5.25 Å². The number of nitrogens with one attached hydrogen (secondary N) is 4. The van der Waals surface area contributed by atoms with E-state index in [2.05, 4.69) is 20.9 Å². The zero-order valence-corrected chi connectivity index (χ0v) is 24.0. The third-order valence-electron chi connectivity index (χ3n) is 6.61. The van der Waals surface area contributed by atoms with Crippen molar-refractivity contribution in [3.63, 3.8) is 0 Å². The van der Waals surface area contributed by atoms with E-state index in [1.54, 1.807) is 36.4 Å². The Hall–Kier alpha value is -5.08. The van der Waals surface area contributed by atoms with Crippen LogP contribution in [0.2, 0.25) is 0 Å². The van der Waals surface area contributed by atoms with Crippen molar-refractivity contribution >= 4 is 57.8 Å². The molecule has 0 bridgehead atoms. The molecule has 42 heavy (non-hydrogen) atoms. The van der Waals surface area contributed by atoms with Crippen LogP contribution >= 0.6 is 11.8 Å². The van der Waals surface area contributed by atoms with Crippen LogP contribution in [0.5, 0.6) is 0 Å². The van der Waals surface area contributed by atoms with Gasteiger partial charge in [-0.05, 0) is 85.0 Å². The Morgan fingerprint density at radius 2 is 1.57 bits per heavy atom. The van der Waals surface area contributed by atoms with Crippen LogP contribution in [-0.4, -0.2) is 28.0 Å². The minimum atomic E-state index is -0.463. The van der Waals surface area contributed by atoms with E-state index in [0.717, 1.165) is 26.9 Å². The van der Waals surface area contributed by atoms with Gasteiger partial charge in [-0.2, -0.15) is 0 Å². The summed E-state index contributed by atoms with van der Waals surface area (Å²) >= 11 is 1.38. The first-order valence-corrected chi connectivity index (χ1v) is 14.3. The summed E-state index contributed by atoms with van der Waals surface area (Å²) in [4.78, 5) is 43.2. The topological polar surface area (TPSA) is 103 Å². The SMILES string of the molecule is Cc1ccccc1/C=C(\NC(=O)c1ccccc1)C(=O)Nc1cccc(SC(C)C(=O)Nc2ccc3cc[nH]c3c2)c1. The number of aryl methyl sites for hydroxylation is 1. The van der Waals surface area contributed by atoms with E-state index in [1.165, 1.54) is 11.8 Å². The number of H-pyrrole nitrogens is 1. The van der Waals surface area contributed by atoms with Gasteiger partial charge < -0.3 is 20.9 Å². The number of aromatic nitrogens is 1. The molecular weight excluding hydrogens is 544 g/mol. The Balaban J connectivity index is 1.28. The molecule has 5 aromatic rings. The average molecular weight is 575 g/mol. The molecule has 4 N–H and O–H groups in total. The average Bonchev–Trinajstić information content (AvgIpc) is 3.46. The van der Waals surface area contributed by atoms with Gasteiger partial charge >= 0.3 is 0 Å². The molecular formula is C34H30N4O3S. The van der Waals surface area contributed by atoms with Crippen molar-refractivity contribution in [2.75, 3.05) is 10.6 Å². The summed E-state index contributed by atoms with van der Waals surface area (Å²) in [5, 5.41) is 9.32. The first-order valence-electron chi connectivity index (χ1n) is 13.5. The number of hydrogen-bond donors (Lipinski definition) is 4. The van der Waals surface area contributed by atoms with Crippen LogP contribution in [0.4, 0.5) is 11.4 Å². The molecule has 0 fully saturated rings. The third-order valence-corrected chi connectivity index (χ3v) is 7.71. The second-order valence-electron chi connectivity index (χ2n) is 9.75. The summed E-state index contributed by atoms with van der Waals surface area (Å²) in [6, 6.07) is 31.3. The van der Waals surface area contributed by atoms with Gasteiger partial charge in [-0.25, -0.2) is 0 Å². The van der Waals surface area contributed by atoms with Crippen molar-refractivity contribution in [1.82, 2.24) is 10.3 Å². The maximum Gasteiger partial charge on any atom is 0.272 e. The highest BCUT2D eigenvalue weighted by Crippen LogP contribution is 2.27. The van der Waals surface area contributed by atoms with Gasteiger partial charge in [-0.1, -0.05) is 54.6 Å². The largest absolute Gasteiger partial charge is 0.361 e. The summed E-state index contributed by atoms with van der Waals surface area (Å²) in [5.41, 5.74) is 4.55. The first-order chi connectivity index (χ1) is 20.4. The Kier molecular flexibility index (Phi) is 8.84. The molecule has 1 heterocycles. The van der Waals surface area contributed by atoms with Crippen LogP contribution in [0.1, 0.15) is 28.4 Å². The van der Waals surface area contributed by atoms with E-state index in [1.807, 2.05) is 92.8 Å². The summed E-state index contributed by atoms with van der Waals surface area (Å²) < 4.78 is 0. The lowest BCUT2D eigenvalue weighted by Gasteiger charge is -2.14. The molecule has 0 spiro atoms. The first kappa shape index (κ1) is 28.4. The van der Waals surface area contributed by atoms with Crippen molar-refractivity contribution in [2.24, 2.45) is 0 Å². The summed E-state index contributed by atoms with van der Waals surface area (Å²) in [7, 11) is 0. The van der Waals surface area contributed by atoms with E-state index in [0.29, 0.717) is 16.9 Å². The molecule has 3 amide bonds. The van der Waals surface area contributed by atoms with Crippen LogP contribution in [0.25, 0.3) is 17.0 Å². The molecule has 5 rings (SSSR count). The molecule has 4 aromatic carbocycles. The van der Waals surface area contributed by atoms with Gasteiger partial charge in [0.15, 0.2) is 0 Å². The molecule has 0 aliphatic heterocycles. The molecule has 8 heteroatoms. The number of hydrogen-bond acceptors (Lipinski definition) is 4. The van der Waals surface area contributed by atoms with Crippen molar-refractivity contribution in [3.05, 3.63) is 132 Å². The quantitative estimate of drug-likeness (QED) is 0.112. The Morgan fingerprint density at radius 3 is 2.38 bits per heavy atom. The molecule has 1 aromatic heterocycles. The Labute approximate surface area is 248 Å². The van der Waals surface area contributed by atoms with Crippen LogP contribution < -0.4 is 16.0 Å². The number of amides is 3. The minimum absolute atomic E-state index is 0.114. The lowest BCUT2D eigenvalue weighted by atomic mass is 10.1. The standard InChI is InChI=1S/C34H30N4O3S/c1-22-9-6-7-12-26(22)19-31(38-33(40)25-10-4-3-5-11-25)34(41)37-27-13-8-14-29(20-27)42-23(2)32(39)36-28-16-15-24-17-18-35-30(24)21-28/h3-21,23,35H,1-2H3,(H,36,39)(H,37,41)(H,38,40)/b31-19-. The Morgan fingerprint density at radius 1 is 0.810 bits per heavy atom. The number of carbonyl (C=O) groups excluding carboxylic acids is 3. The molecule has 0 aliphatic rings. The van der Waals surface area contributed by atoms with Crippen LogP contribution in [0.3, 0.4) is 0 Å². The van der Waals surface area contributed by atoms with Crippen molar-refractivity contribution < 1.29 is 14.4 Å². The monoisotopic (exact) mass is 574 g/mol. The molecule has 1 unspecified atom stereocenters. The maximum absolute atomic E-state index is 13.4. The molecule has 7 nitrogen and oxygen atoms in total. The second-order valence-corrected chi connectivity index (χ2v) is 11.2. The zero-order chi connectivity index (χ0) is 29.5. The van der Waals surface area contributed by atoms with Crippen LogP contribution in [-0.2, 0) is 9.59 Å².